The van der Waals surface area contributed by atoms with Crippen molar-refractivity contribution in [1.29, 1.82) is 0 Å². The molecule has 1 N–H and O–H groups in total. The Kier molecular flexibility index (Phi) is 4.20. The first-order chi connectivity index (χ1) is 10.3. The Morgan fingerprint density at radius 1 is 1.41 bits per heavy atom. The number of para-hydroxylation sites is 1. The van der Waals surface area contributed by atoms with Gasteiger partial charge in [-0.3, -0.25) is 19.6 Å². The Balaban J connectivity index is 2.27. The number of carbonyl (C=O) groups excluding carboxylic acids is 1. The van der Waals surface area contributed by atoms with Crippen LogP contribution in [0.3, 0.4) is 0 Å². The van der Waals surface area contributed by atoms with Crippen molar-refractivity contribution >= 4 is 17.3 Å². The van der Waals surface area contributed by atoms with Gasteiger partial charge in [-0.15, -0.1) is 0 Å². The lowest BCUT2D eigenvalue weighted by molar-refractivity contribution is -0.386. The molecular weight excluding hydrogens is 291 g/mol. The SMILES string of the molecule is Cc1nn([C@@H](C)C(=O)Nc2ccccc2F)c(C)c1[N+](=O)[O-]. The van der Waals surface area contributed by atoms with Gasteiger partial charge < -0.3 is 5.32 Å². The minimum Gasteiger partial charge on any atom is -0.322 e. The summed E-state index contributed by atoms with van der Waals surface area (Å²) >= 11 is 0. The molecule has 0 bridgehead atoms. The number of rotatable bonds is 4. The summed E-state index contributed by atoms with van der Waals surface area (Å²) in [6.07, 6.45) is 0. The molecule has 8 heteroatoms. The minimum absolute atomic E-state index is 0.0513. The van der Waals surface area contributed by atoms with E-state index in [4.69, 9.17) is 0 Å². The van der Waals surface area contributed by atoms with E-state index in [1.54, 1.807) is 13.0 Å². The lowest BCUT2D eigenvalue weighted by Crippen LogP contribution is -2.25. The number of benzene rings is 1. The minimum atomic E-state index is -0.813. The molecule has 0 radical (unpaired) electrons. The van der Waals surface area contributed by atoms with E-state index in [-0.39, 0.29) is 22.8 Å². The van der Waals surface area contributed by atoms with Gasteiger partial charge in [-0.25, -0.2) is 4.39 Å². The molecule has 0 aliphatic rings. The topological polar surface area (TPSA) is 90.1 Å². The fourth-order valence-electron chi connectivity index (χ4n) is 2.21. The fourth-order valence-corrected chi connectivity index (χ4v) is 2.21. The zero-order valence-corrected chi connectivity index (χ0v) is 12.3. The van der Waals surface area contributed by atoms with Gasteiger partial charge in [-0.1, -0.05) is 12.1 Å². The van der Waals surface area contributed by atoms with Crippen LogP contribution in [0.2, 0.25) is 0 Å². The lowest BCUT2D eigenvalue weighted by Gasteiger charge is -2.14. The van der Waals surface area contributed by atoms with Crippen LogP contribution in [0.15, 0.2) is 24.3 Å². The summed E-state index contributed by atoms with van der Waals surface area (Å²) in [4.78, 5) is 22.7. The van der Waals surface area contributed by atoms with E-state index in [2.05, 4.69) is 10.4 Å². The summed E-state index contributed by atoms with van der Waals surface area (Å²) in [6, 6.07) is 4.96. The summed E-state index contributed by atoms with van der Waals surface area (Å²) in [7, 11) is 0. The second-order valence-corrected chi connectivity index (χ2v) is 4.87. The first-order valence-corrected chi connectivity index (χ1v) is 6.58. The van der Waals surface area contributed by atoms with E-state index in [0.717, 1.165) is 0 Å². The van der Waals surface area contributed by atoms with Crippen LogP contribution in [0.25, 0.3) is 0 Å². The molecule has 0 saturated heterocycles. The Labute approximate surface area is 125 Å². The lowest BCUT2D eigenvalue weighted by atomic mass is 10.2. The molecule has 0 saturated carbocycles. The molecule has 1 aromatic carbocycles. The fraction of sp³-hybridized carbons (Fsp3) is 0.286. The Morgan fingerprint density at radius 2 is 2.05 bits per heavy atom. The maximum atomic E-state index is 13.5. The molecule has 0 unspecified atom stereocenters. The van der Waals surface area contributed by atoms with E-state index in [1.807, 2.05) is 0 Å². The first kappa shape index (κ1) is 15.6. The van der Waals surface area contributed by atoms with Crippen LogP contribution in [0.1, 0.15) is 24.4 Å². The van der Waals surface area contributed by atoms with E-state index in [9.17, 15) is 19.3 Å². The van der Waals surface area contributed by atoms with Crippen molar-refractivity contribution in [2.24, 2.45) is 0 Å². The molecule has 1 heterocycles. The Morgan fingerprint density at radius 3 is 2.59 bits per heavy atom. The van der Waals surface area contributed by atoms with Crippen molar-refractivity contribution in [3.63, 3.8) is 0 Å². The van der Waals surface area contributed by atoms with Gasteiger partial charge >= 0.3 is 5.69 Å². The predicted octanol–water partition coefficient (Wildman–Crippen LogP) is 2.75. The molecule has 0 fully saturated rings. The number of nitrogens with one attached hydrogen (secondary N) is 1. The smallest absolute Gasteiger partial charge is 0.312 e. The average molecular weight is 306 g/mol. The third kappa shape index (κ3) is 2.80. The zero-order chi connectivity index (χ0) is 16.4. The summed E-state index contributed by atoms with van der Waals surface area (Å²) in [6.45, 7) is 4.56. The van der Waals surface area contributed by atoms with Crippen LogP contribution in [-0.4, -0.2) is 20.6 Å². The quantitative estimate of drug-likeness (QED) is 0.694. The highest BCUT2D eigenvalue weighted by Gasteiger charge is 2.27. The molecule has 116 valence electrons. The monoisotopic (exact) mass is 306 g/mol. The summed E-state index contributed by atoms with van der Waals surface area (Å²) in [5.74, 6) is -1.06. The van der Waals surface area contributed by atoms with E-state index in [1.165, 1.54) is 36.7 Å². The average Bonchev–Trinajstić information content (AvgIpc) is 2.75. The first-order valence-electron chi connectivity index (χ1n) is 6.58. The number of aromatic nitrogens is 2. The van der Waals surface area contributed by atoms with Gasteiger partial charge in [0, 0.05) is 0 Å². The number of aryl methyl sites for hydroxylation is 1. The van der Waals surface area contributed by atoms with Crippen LogP contribution >= 0.6 is 0 Å². The van der Waals surface area contributed by atoms with Crippen molar-refractivity contribution in [2.45, 2.75) is 26.8 Å². The molecular formula is C14H15FN4O3. The number of hydrogen-bond donors (Lipinski definition) is 1. The van der Waals surface area contributed by atoms with Crippen LogP contribution in [0.4, 0.5) is 15.8 Å². The second-order valence-electron chi connectivity index (χ2n) is 4.87. The van der Waals surface area contributed by atoms with Crippen LogP contribution in [0.5, 0.6) is 0 Å². The number of carbonyl (C=O) groups is 1. The maximum absolute atomic E-state index is 13.5. The molecule has 22 heavy (non-hydrogen) atoms. The number of halogens is 1. The predicted molar refractivity (Wildman–Crippen MR) is 78.1 cm³/mol. The van der Waals surface area contributed by atoms with Crippen molar-refractivity contribution in [3.8, 4) is 0 Å². The van der Waals surface area contributed by atoms with Crippen LogP contribution in [0, 0.1) is 29.8 Å². The van der Waals surface area contributed by atoms with Gasteiger partial charge in [0.25, 0.3) is 0 Å². The van der Waals surface area contributed by atoms with E-state index in [0.29, 0.717) is 0 Å². The van der Waals surface area contributed by atoms with Gasteiger partial charge in [0.15, 0.2) is 0 Å². The second kappa shape index (κ2) is 5.92. The Hall–Kier alpha value is -2.77. The zero-order valence-electron chi connectivity index (χ0n) is 12.3. The number of nitro groups is 1. The van der Waals surface area contributed by atoms with Gasteiger partial charge in [0.2, 0.25) is 5.91 Å². The highest BCUT2D eigenvalue weighted by atomic mass is 19.1. The van der Waals surface area contributed by atoms with Crippen LogP contribution < -0.4 is 5.32 Å². The van der Waals surface area contributed by atoms with E-state index >= 15 is 0 Å². The Bertz CT molecular complexity index is 742. The van der Waals surface area contributed by atoms with Gasteiger partial charge in [-0.2, -0.15) is 5.10 Å². The molecule has 7 nitrogen and oxygen atoms in total. The van der Waals surface area contributed by atoms with Gasteiger partial charge in [0.05, 0.1) is 10.6 Å². The maximum Gasteiger partial charge on any atom is 0.312 e. The number of nitrogens with zero attached hydrogens (tertiary/aromatic N) is 3. The molecule has 1 amide bonds. The molecule has 0 spiro atoms. The van der Waals surface area contributed by atoms with Crippen molar-refractivity contribution in [1.82, 2.24) is 9.78 Å². The normalized spacial score (nSPS) is 12.0. The molecule has 2 rings (SSSR count). The van der Waals surface area contributed by atoms with Gasteiger partial charge in [0.1, 0.15) is 23.2 Å². The van der Waals surface area contributed by atoms with Crippen molar-refractivity contribution < 1.29 is 14.1 Å². The third-order valence-electron chi connectivity index (χ3n) is 3.35. The van der Waals surface area contributed by atoms with E-state index < -0.39 is 22.7 Å². The largest absolute Gasteiger partial charge is 0.322 e. The number of hydrogen-bond acceptors (Lipinski definition) is 4. The molecule has 1 atom stereocenters. The molecule has 2 aromatic rings. The highest BCUT2D eigenvalue weighted by Crippen LogP contribution is 2.25. The molecule has 0 aliphatic heterocycles. The highest BCUT2D eigenvalue weighted by molar-refractivity contribution is 5.93. The van der Waals surface area contributed by atoms with Crippen LogP contribution in [-0.2, 0) is 4.79 Å². The number of anilines is 1. The standard InChI is InChI=1S/C14H15FN4O3/c1-8-13(19(21)22)9(2)18(17-8)10(3)14(20)16-12-7-5-4-6-11(12)15/h4-7,10H,1-3H3,(H,16,20)/t10-/m0/s1. The molecule has 1 aromatic heterocycles. The molecule has 0 aliphatic carbocycles. The third-order valence-corrected chi connectivity index (χ3v) is 3.35. The summed E-state index contributed by atoms with van der Waals surface area (Å²) < 4.78 is 14.8. The van der Waals surface area contributed by atoms with Crippen molar-refractivity contribution in [2.75, 3.05) is 5.32 Å². The van der Waals surface area contributed by atoms with Crippen molar-refractivity contribution in [3.05, 3.63) is 51.6 Å². The summed E-state index contributed by atoms with van der Waals surface area (Å²) in [5.41, 5.74) is 0.438. The van der Waals surface area contributed by atoms with Gasteiger partial charge in [-0.05, 0) is 32.9 Å². The summed E-state index contributed by atoms with van der Waals surface area (Å²) in [5, 5.41) is 17.5. The number of amides is 1.